The topological polar surface area (TPSA) is 72.9 Å². The van der Waals surface area contributed by atoms with Crippen LogP contribution in [0.15, 0.2) is 54.7 Å². The molecule has 2 aromatic carbocycles. The maximum absolute atomic E-state index is 13.3. The van der Waals surface area contributed by atoms with Crippen molar-refractivity contribution in [3.63, 3.8) is 0 Å². The summed E-state index contributed by atoms with van der Waals surface area (Å²) >= 11 is 0. The van der Waals surface area contributed by atoms with Gasteiger partial charge in [0.15, 0.2) is 0 Å². The Balaban J connectivity index is 1.66. The average Bonchev–Trinajstić information content (AvgIpc) is 3.46. The zero-order valence-electron chi connectivity index (χ0n) is 15.7. The molecule has 144 valence electrons. The molecule has 6 heteroatoms. The molecule has 1 aliphatic rings. The number of amides is 1. The third kappa shape index (κ3) is 3.97. The van der Waals surface area contributed by atoms with Crippen molar-refractivity contribution < 1.29 is 9.18 Å². The molecule has 1 atom stereocenters. The quantitative estimate of drug-likeness (QED) is 0.690. The summed E-state index contributed by atoms with van der Waals surface area (Å²) in [5.41, 5.74) is 9.83. The summed E-state index contributed by atoms with van der Waals surface area (Å²) in [7, 11) is 0. The lowest BCUT2D eigenvalue weighted by atomic mass is 10.1. The first kappa shape index (κ1) is 18.4. The Kier molecular flexibility index (Phi) is 4.96. The fourth-order valence-electron chi connectivity index (χ4n) is 3.19. The molecule has 1 saturated carbocycles. The fraction of sp³-hybridized carbons (Fsp3) is 0.273. The van der Waals surface area contributed by atoms with Crippen LogP contribution < -0.4 is 11.1 Å². The summed E-state index contributed by atoms with van der Waals surface area (Å²) < 4.78 is 14.9. The zero-order valence-corrected chi connectivity index (χ0v) is 15.7. The number of carbonyl (C=O) groups excluding carboxylic acids is 1. The Hall–Kier alpha value is -2.99. The number of carbonyl (C=O) groups is 1. The van der Waals surface area contributed by atoms with E-state index in [2.05, 4.69) is 10.4 Å². The first-order valence-electron chi connectivity index (χ1n) is 9.47. The van der Waals surface area contributed by atoms with Gasteiger partial charge in [0, 0.05) is 24.3 Å². The summed E-state index contributed by atoms with van der Waals surface area (Å²) in [6.45, 7) is 2.45. The largest absolute Gasteiger partial charge is 0.350 e. The van der Waals surface area contributed by atoms with Crippen LogP contribution in [-0.2, 0) is 0 Å². The normalized spacial score (nSPS) is 14.7. The molecule has 5 nitrogen and oxygen atoms in total. The highest BCUT2D eigenvalue weighted by molar-refractivity contribution is 6.00. The molecule has 4 rings (SSSR count). The third-order valence-corrected chi connectivity index (χ3v) is 5.10. The summed E-state index contributed by atoms with van der Waals surface area (Å²) in [5, 5.41) is 7.55. The summed E-state index contributed by atoms with van der Waals surface area (Å²) in [4.78, 5) is 12.9. The van der Waals surface area contributed by atoms with Gasteiger partial charge in [0.05, 0.1) is 11.3 Å². The van der Waals surface area contributed by atoms with Crippen LogP contribution >= 0.6 is 0 Å². The number of nitrogens with zero attached hydrogens (tertiary/aromatic N) is 2. The van der Waals surface area contributed by atoms with E-state index in [0.717, 1.165) is 24.0 Å². The van der Waals surface area contributed by atoms with Crippen LogP contribution in [0.2, 0.25) is 0 Å². The highest BCUT2D eigenvalue weighted by Gasteiger charge is 2.29. The molecule has 3 N–H and O–H groups in total. The van der Waals surface area contributed by atoms with Crippen LogP contribution in [0.5, 0.6) is 0 Å². The molecule has 0 aliphatic heterocycles. The number of rotatable bonds is 6. The summed E-state index contributed by atoms with van der Waals surface area (Å²) in [6, 6.07) is 13.8. The number of benzene rings is 2. The first-order chi connectivity index (χ1) is 13.5. The summed E-state index contributed by atoms with van der Waals surface area (Å²) in [6.07, 6.45) is 3.95. The van der Waals surface area contributed by atoms with Crippen LogP contribution in [0.25, 0.3) is 16.9 Å². The maximum Gasteiger partial charge on any atom is 0.255 e. The van der Waals surface area contributed by atoms with Gasteiger partial charge >= 0.3 is 0 Å². The van der Waals surface area contributed by atoms with Crippen LogP contribution in [-0.4, -0.2) is 28.3 Å². The molecule has 1 fully saturated rings. The molecule has 28 heavy (non-hydrogen) atoms. The smallest absolute Gasteiger partial charge is 0.255 e. The van der Waals surface area contributed by atoms with Gasteiger partial charge in [-0.05, 0) is 49.9 Å². The van der Waals surface area contributed by atoms with E-state index < -0.39 is 0 Å². The van der Waals surface area contributed by atoms with Gasteiger partial charge in [0.2, 0.25) is 0 Å². The van der Waals surface area contributed by atoms with Crippen molar-refractivity contribution in [2.24, 2.45) is 11.7 Å². The first-order valence-corrected chi connectivity index (χ1v) is 9.47. The Morgan fingerprint density at radius 2 is 1.89 bits per heavy atom. The Labute approximate surface area is 163 Å². The second kappa shape index (κ2) is 7.56. The van der Waals surface area contributed by atoms with Gasteiger partial charge in [-0.15, -0.1) is 0 Å². The van der Waals surface area contributed by atoms with Crippen molar-refractivity contribution in [2.45, 2.75) is 25.8 Å². The van der Waals surface area contributed by atoms with E-state index in [1.807, 2.05) is 31.2 Å². The molecule has 0 spiro atoms. The number of hydrogen-bond donors (Lipinski definition) is 2. The van der Waals surface area contributed by atoms with E-state index in [1.54, 1.807) is 23.0 Å². The highest BCUT2D eigenvalue weighted by atomic mass is 19.1. The Morgan fingerprint density at radius 3 is 2.54 bits per heavy atom. The van der Waals surface area contributed by atoms with E-state index in [0.29, 0.717) is 29.4 Å². The fourth-order valence-corrected chi connectivity index (χ4v) is 3.19. The molecule has 1 heterocycles. The van der Waals surface area contributed by atoms with E-state index in [-0.39, 0.29) is 17.8 Å². The van der Waals surface area contributed by atoms with Crippen molar-refractivity contribution in [2.75, 3.05) is 6.54 Å². The van der Waals surface area contributed by atoms with Crippen LogP contribution in [0.3, 0.4) is 0 Å². The van der Waals surface area contributed by atoms with Gasteiger partial charge < -0.3 is 11.1 Å². The molecular weight excluding hydrogens is 355 g/mol. The SMILES string of the molecule is Cc1ccc(-c2nn(-c3ccc(F)cc3)cc2C(=O)NCC(N)C2CC2)cc1. The van der Waals surface area contributed by atoms with Gasteiger partial charge in [0.25, 0.3) is 5.91 Å². The minimum Gasteiger partial charge on any atom is -0.350 e. The molecular formula is C22H23FN4O. The van der Waals surface area contributed by atoms with Crippen LogP contribution in [0.1, 0.15) is 28.8 Å². The predicted molar refractivity (Wildman–Crippen MR) is 107 cm³/mol. The van der Waals surface area contributed by atoms with Crippen molar-refractivity contribution in [3.05, 3.63) is 71.7 Å². The predicted octanol–water partition coefficient (Wildman–Crippen LogP) is 3.45. The minimum absolute atomic E-state index is 0.0149. The number of hydrogen-bond acceptors (Lipinski definition) is 3. The third-order valence-electron chi connectivity index (χ3n) is 5.10. The number of aryl methyl sites for hydroxylation is 1. The maximum atomic E-state index is 13.3. The molecule has 1 aromatic heterocycles. The van der Waals surface area contributed by atoms with Crippen molar-refractivity contribution in [1.29, 1.82) is 0 Å². The minimum atomic E-state index is -0.318. The monoisotopic (exact) mass is 378 g/mol. The highest BCUT2D eigenvalue weighted by Crippen LogP contribution is 2.31. The number of aromatic nitrogens is 2. The number of nitrogens with one attached hydrogen (secondary N) is 1. The lowest BCUT2D eigenvalue weighted by molar-refractivity contribution is 0.0951. The Morgan fingerprint density at radius 1 is 1.21 bits per heavy atom. The number of halogens is 1. The average molecular weight is 378 g/mol. The standard InChI is InChI=1S/C22H23FN4O/c1-14-2-4-16(5-3-14)21-19(22(28)25-12-20(24)15-6-7-15)13-27(26-21)18-10-8-17(23)9-11-18/h2-5,8-11,13,15,20H,6-7,12,24H2,1H3,(H,25,28). The van der Waals surface area contributed by atoms with E-state index >= 15 is 0 Å². The van der Waals surface area contributed by atoms with Crippen molar-refractivity contribution >= 4 is 5.91 Å². The second-order valence-corrected chi connectivity index (χ2v) is 7.39. The van der Waals surface area contributed by atoms with E-state index in [9.17, 15) is 9.18 Å². The van der Waals surface area contributed by atoms with E-state index in [1.165, 1.54) is 12.1 Å². The molecule has 0 saturated heterocycles. The van der Waals surface area contributed by atoms with Gasteiger partial charge in [-0.25, -0.2) is 9.07 Å². The number of nitrogens with two attached hydrogens (primary N) is 1. The second-order valence-electron chi connectivity index (χ2n) is 7.39. The van der Waals surface area contributed by atoms with E-state index in [4.69, 9.17) is 5.73 Å². The van der Waals surface area contributed by atoms with Crippen LogP contribution in [0, 0.1) is 18.7 Å². The molecule has 1 unspecified atom stereocenters. The van der Waals surface area contributed by atoms with Crippen molar-refractivity contribution in [1.82, 2.24) is 15.1 Å². The lowest BCUT2D eigenvalue weighted by Crippen LogP contribution is -2.38. The van der Waals surface area contributed by atoms with Gasteiger partial charge in [-0.2, -0.15) is 5.10 Å². The molecule has 1 amide bonds. The van der Waals surface area contributed by atoms with Gasteiger partial charge in [-0.1, -0.05) is 29.8 Å². The summed E-state index contributed by atoms with van der Waals surface area (Å²) in [5.74, 6) is -0.0134. The molecule has 0 radical (unpaired) electrons. The molecule has 3 aromatic rings. The van der Waals surface area contributed by atoms with Crippen molar-refractivity contribution in [3.8, 4) is 16.9 Å². The lowest BCUT2D eigenvalue weighted by Gasteiger charge is -2.11. The zero-order chi connectivity index (χ0) is 19.7. The Bertz CT molecular complexity index is 975. The van der Waals surface area contributed by atoms with Gasteiger partial charge in [0.1, 0.15) is 11.5 Å². The molecule has 1 aliphatic carbocycles. The molecule has 0 bridgehead atoms. The van der Waals surface area contributed by atoms with Gasteiger partial charge in [-0.3, -0.25) is 4.79 Å². The van der Waals surface area contributed by atoms with Crippen LogP contribution in [0.4, 0.5) is 4.39 Å².